The van der Waals surface area contributed by atoms with Gasteiger partial charge in [0.2, 0.25) is 0 Å². The van der Waals surface area contributed by atoms with Gasteiger partial charge in [-0.3, -0.25) is 4.57 Å². The third kappa shape index (κ3) is 13.4. The molecule has 0 radical (unpaired) electrons. The molecule has 3 nitrogen and oxygen atoms in total. The average Bonchev–Trinajstić information content (AvgIpc) is 2.36. The monoisotopic (exact) mass is 272 g/mol. The third-order valence-corrected chi connectivity index (χ3v) is 2.54. The second kappa shape index (κ2) is 11.5. The predicted octanol–water partition coefficient (Wildman–Crippen LogP) is 4.41. The molecule has 0 spiro atoms. The Morgan fingerprint density at radius 3 is 1.28 bits per heavy atom. The zero-order chi connectivity index (χ0) is 13.8. The van der Waals surface area contributed by atoms with Crippen molar-refractivity contribution in [1.82, 2.24) is 0 Å². The molecule has 0 fully saturated rings. The van der Waals surface area contributed by atoms with E-state index >= 15 is 0 Å². The molecule has 0 unspecified atom stereocenters. The Balaban J connectivity index is 0.000000397. The van der Waals surface area contributed by atoms with E-state index < -0.39 is 8.25 Å². The van der Waals surface area contributed by atoms with Crippen LogP contribution in [-0.4, -0.2) is 13.2 Å². The van der Waals surface area contributed by atoms with E-state index in [4.69, 9.17) is 9.05 Å². The summed E-state index contributed by atoms with van der Waals surface area (Å²) < 4.78 is 20.9. The first-order valence-corrected chi connectivity index (χ1v) is 7.54. The first kappa shape index (κ1) is 17.4. The topological polar surface area (TPSA) is 35.5 Å². The molecule has 0 heterocycles. The average molecular weight is 272 g/mol. The summed E-state index contributed by atoms with van der Waals surface area (Å²) >= 11 is 0. The quantitative estimate of drug-likeness (QED) is 0.720. The fraction of sp³-hybridized carbons (Fsp3) is 0.571. The largest absolute Gasteiger partial charge is 0.319 e. The van der Waals surface area contributed by atoms with Crippen molar-refractivity contribution in [3.63, 3.8) is 0 Å². The molecule has 0 aromatic heterocycles. The highest BCUT2D eigenvalue weighted by Crippen LogP contribution is 2.25. The van der Waals surface area contributed by atoms with Crippen LogP contribution in [0.4, 0.5) is 0 Å². The van der Waals surface area contributed by atoms with Crippen molar-refractivity contribution in [2.24, 2.45) is 11.8 Å². The molecular formula is C14H25O3P. The highest BCUT2D eigenvalue weighted by Gasteiger charge is 2.02. The molecule has 0 aliphatic heterocycles. The van der Waals surface area contributed by atoms with Crippen molar-refractivity contribution >= 4 is 8.25 Å². The minimum atomic E-state index is -2.23. The fourth-order valence-corrected chi connectivity index (χ4v) is 1.92. The van der Waals surface area contributed by atoms with Gasteiger partial charge in [-0.25, -0.2) is 0 Å². The summed E-state index contributed by atoms with van der Waals surface area (Å²) in [5, 5.41) is 0. The summed E-state index contributed by atoms with van der Waals surface area (Å²) in [6.45, 7) is 9.07. The maximum absolute atomic E-state index is 11.0. The number of hydrogen-bond acceptors (Lipinski definition) is 3. The van der Waals surface area contributed by atoms with Crippen LogP contribution >= 0.6 is 8.25 Å². The normalized spacial score (nSPS) is 10.6. The van der Waals surface area contributed by atoms with Crippen LogP contribution in [0.15, 0.2) is 36.4 Å². The van der Waals surface area contributed by atoms with E-state index in [9.17, 15) is 4.57 Å². The van der Waals surface area contributed by atoms with E-state index in [2.05, 4.69) is 0 Å². The zero-order valence-corrected chi connectivity index (χ0v) is 12.8. The van der Waals surface area contributed by atoms with Crippen LogP contribution in [0.25, 0.3) is 0 Å². The van der Waals surface area contributed by atoms with Gasteiger partial charge in [-0.05, 0) is 11.8 Å². The van der Waals surface area contributed by atoms with E-state index in [1.807, 2.05) is 64.1 Å². The molecule has 0 amide bonds. The molecule has 1 rings (SSSR count). The van der Waals surface area contributed by atoms with Crippen LogP contribution in [0.1, 0.15) is 27.7 Å². The Bertz CT molecular complexity index is 258. The lowest BCUT2D eigenvalue weighted by Crippen LogP contribution is -2.00. The maximum Gasteiger partial charge on any atom is 0.319 e. The Hall–Kier alpha value is -0.630. The lowest BCUT2D eigenvalue weighted by atomic mass is 10.2. The van der Waals surface area contributed by atoms with E-state index in [1.165, 1.54) is 0 Å². The Morgan fingerprint density at radius 2 is 1.06 bits per heavy atom. The second-order valence-electron chi connectivity index (χ2n) is 4.81. The first-order chi connectivity index (χ1) is 8.52. The molecule has 0 aliphatic carbocycles. The van der Waals surface area contributed by atoms with E-state index in [0.717, 1.165) is 0 Å². The van der Waals surface area contributed by atoms with Crippen molar-refractivity contribution in [3.8, 4) is 0 Å². The van der Waals surface area contributed by atoms with E-state index in [0.29, 0.717) is 25.0 Å². The summed E-state index contributed by atoms with van der Waals surface area (Å²) in [6, 6.07) is 12.0. The number of rotatable bonds is 6. The predicted molar refractivity (Wildman–Crippen MR) is 77.0 cm³/mol. The molecule has 0 N–H and O–H groups in total. The highest BCUT2D eigenvalue weighted by atomic mass is 31.1. The standard InChI is InChI=1S/C8H19O3P.C6H6/c1-7(2)5-10-12(9)11-6-8(3)4;1-2-4-6-5-3-1/h7-8,12H,5-6H2,1-4H3;1-6H. The van der Waals surface area contributed by atoms with Crippen molar-refractivity contribution in [1.29, 1.82) is 0 Å². The summed E-state index contributed by atoms with van der Waals surface area (Å²) in [5.41, 5.74) is 0. The van der Waals surface area contributed by atoms with Gasteiger partial charge in [0.25, 0.3) is 0 Å². The Morgan fingerprint density at radius 1 is 0.778 bits per heavy atom. The van der Waals surface area contributed by atoms with Gasteiger partial charge in [-0.2, -0.15) is 0 Å². The number of benzene rings is 1. The molecule has 0 saturated heterocycles. The van der Waals surface area contributed by atoms with Gasteiger partial charge in [0.05, 0.1) is 13.2 Å². The molecular weight excluding hydrogens is 247 g/mol. The highest BCUT2D eigenvalue weighted by molar-refractivity contribution is 7.33. The van der Waals surface area contributed by atoms with Gasteiger partial charge in [-0.1, -0.05) is 64.1 Å². The molecule has 0 saturated carbocycles. The van der Waals surface area contributed by atoms with Crippen LogP contribution in [0.3, 0.4) is 0 Å². The lowest BCUT2D eigenvalue weighted by Gasteiger charge is -2.08. The molecule has 4 heteroatoms. The minimum Gasteiger partial charge on any atom is -0.310 e. The lowest BCUT2D eigenvalue weighted by molar-refractivity contribution is 0.192. The van der Waals surface area contributed by atoms with Gasteiger partial charge >= 0.3 is 8.25 Å². The molecule has 0 aliphatic rings. The molecule has 1 aromatic rings. The number of hydrogen-bond donors (Lipinski definition) is 0. The van der Waals surface area contributed by atoms with Crippen molar-refractivity contribution in [3.05, 3.63) is 36.4 Å². The summed E-state index contributed by atoms with van der Waals surface area (Å²) in [6.07, 6.45) is 0. The maximum atomic E-state index is 11.0. The first-order valence-electron chi connectivity index (χ1n) is 6.32. The van der Waals surface area contributed by atoms with E-state index in [-0.39, 0.29) is 0 Å². The molecule has 0 atom stereocenters. The van der Waals surface area contributed by atoms with Crippen LogP contribution in [-0.2, 0) is 13.6 Å². The fourth-order valence-electron chi connectivity index (χ4n) is 0.896. The zero-order valence-electron chi connectivity index (χ0n) is 11.8. The van der Waals surface area contributed by atoms with Crippen molar-refractivity contribution in [2.45, 2.75) is 27.7 Å². The van der Waals surface area contributed by atoms with Crippen LogP contribution < -0.4 is 0 Å². The van der Waals surface area contributed by atoms with Crippen LogP contribution in [0.2, 0.25) is 0 Å². The minimum absolute atomic E-state index is 0.404. The smallest absolute Gasteiger partial charge is 0.310 e. The molecule has 18 heavy (non-hydrogen) atoms. The van der Waals surface area contributed by atoms with Crippen LogP contribution in [0, 0.1) is 11.8 Å². The van der Waals surface area contributed by atoms with Gasteiger partial charge < -0.3 is 9.05 Å². The Kier molecular flexibility index (Phi) is 11.1. The van der Waals surface area contributed by atoms with Gasteiger partial charge in [0, 0.05) is 0 Å². The van der Waals surface area contributed by atoms with Gasteiger partial charge in [0.1, 0.15) is 0 Å². The van der Waals surface area contributed by atoms with E-state index in [1.54, 1.807) is 0 Å². The Labute approximate surface area is 111 Å². The summed E-state index contributed by atoms with van der Waals surface area (Å²) in [5.74, 6) is 0.809. The second-order valence-corrected chi connectivity index (χ2v) is 5.89. The molecule has 104 valence electrons. The van der Waals surface area contributed by atoms with Crippen molar-refractivity contribution in [2.75, 3.05) is 13.2 Å². The van der Waals surface area contributed by atoms with Crippen molar-refractivity contribution < 1.29 is 13.6 Å². The van der Waals surface area contributed by atoms with Gasteiger partial charge in [-0.15, -0.1) is 0 Å². The van der Waals surface area contributed by atoms with Gasteiger partial charge in [0.15, 0.2) is 0 Å². The molecule has 1 aromatic carbocycles. The third-order valence-electron chi connectivity index (χ3n) is 1.74. The van der Waals surface area contributed by atoms with Crippen LogP contribution in [0.5, 0.6) is 0 Å². The summed E-state index contributed by atoms with van der Waals surface area (Å²) in [4.78, 5) is 0. The molecule has 0 bridgehead atoms. The summed E-state index contributed by atoms with van der Waals surface area (Å²) in [7, 11) is -2.23. The SMILES string of the molecule is CC(C)CO[PH](=O)OCC(C)C.c1ccccc1.